The number of anilines is 1. The highest BCUT2D eigenvalue weighted by atomic mass is 16.3. The minimum atomic E-state index is -0.292. The SMILES string of the molecule is Cn1c(N2CCC(CCO)CC2)cc(=O)n(C)c1=O. The summed E-state index contributed by atoms with van der Waals surface area (Å²) in [5, 5.41) is 8.95. The standard InChI is InChI=1S/C13H21N3O3/c1-14-11(9-12(18)15(2)13(14)19)16-6-3-10(4-7-16)5-8-17/h9-10,17H,3-8H2,1-2H3. The Morgan fingerprint density at radius 2 is 1.84 bits per heavy atom. The maximum Gasteiger partial charge on any atom is 0.332 e. The molecule has 1 fully saturated rings. The van der Waals surface area contributed by atoms with Gasteiger partial charge in [-0.25, -0.2) is 4.79 Å². The van der Waals surface area contributed by atoms with E-state index in [1.165, 1.54) is 17.7 Å². The molecule has 0 aliphatic carbocycles. The molecule has 1 aromatic rings. The van der Waals surface area contributed by atoms with Crippen molar-refractivity contribution < 1.29 is 5.11 Å². The van der Waals surface area contributed by atoms with Gasteiger partial charge >= 0.3 is 5.69 Å². The molecule has 0 saturated carbocycles. The largest absolute Gasteiger partial charge is 0.396 e. The molecule has 0 bridgehead atoms. The van der Waals surface area contributed by atoms with E-state index in [1.807, 2.05) is 0 Å². The molecule has 1 aliphatic rings. The third-order valence-electron chi connectivity index (χ3n) is 3.98. The second-order valence-electron chi connectivity index (χ2n) is 5.18. The van der Waals surface area contributed by atoms with Crippen LogP contribution in [0.4, 0.5) is 5.82 Å². The normalized spacial score (nSPS) is 16.9. The van der Waals surface area contributed by atoms with Gasteiger partial charge in [0, 0.05) is 39.9 Å². The second kappa shape index (κ2) is 5.61. The number of piperidine rings is 1. The van der Waals surface area contributed by atoms with Crippen molar-refractivity contribution in [3.8, 4) is 0 Å². The molecule has 0 spiro atoms. The van der Waals surface area contributed by atoms with E-state index in [4.69, 9.17) is 5.11 Å². The Kier molecular flexibility index (Phi) is 4.09. The quantitative estimate of drug-likeness (QED) is 0.815. The Morgan fingerprint density at radius 3 is 2.42 bits per heavy atom. The number of rotatable bonds is 3. The fourth-order valence-electron chi connectivity index (χ4n) is 2.66. The van der Waals surface area contributed by atoms with Gasteiger partial charge in [0.1, 0.15) is 5.82 Å². The van der Waals surface area contributed by atoms with Gasteiger partial charge < -0.3 is 10.0 Å². The molecule has 6 nitrogen and oxygen atoms in total. The zero-order valence-electron chi connectivity index (χ0n) is 11.5. The van der Waals surface area contributed by atoms with Gasteiger partial charge in [-0.1, -0.05) is 0 Å². The summed E-state index contributed by atoms with van der Waals surface area (Å²) in [6.07, 6.45) is 2.82. The van der Waals surface area contributed by atoms with E-state index in [9.17, 15) is 9.59 Å². The Bertz CT molecular complexity index is 553. The number of aliphatic hydroxyl groups is 1. The molecule has 1 saturated heterocycles. The Hall–Kier alpha value is -1.56. The molecular formula is C13H21N3O3. The van der Waals surface area contributed by atoms with Crippen molar-refractivity contribution >= 4 is 5.82 Å². The Labute approximate surface area is 111 Å². The first-order chi connectivity index (χ1) is 9.04. The van der Waals surface area contributed by atoms with E-state index in [0.717, 1.165) is 36.9 Å². The van der Waals surface area contributed by atoms with Crippen molar-refractivity contribution in [2.24, 2.45) is 20.0 Å². The first kappa shape index (κ1) is 13.9. The van der Waals surface area contributed by atoms with Crippen LogP contribution in [-0.2, 0) is 14.1 Å². The van der Waals surface area contributed by atoms with Crippen LogP contribution in [0.25, 0.3) is 0 Å². The molecule has 0 atom stereocenters. The van der Waals surface area contributed by atoms with Gasteiger partial charge in [0.2, 0.25) is 0 Å². The zero-order chi connectivity index (χ0) is 14.0. The lowest BCUT2D eigenvalue weighted by molar-refractivity contribution is 0.240. The molecule has 19 heavy (non-hydrogen) atoms. The molecular weight excluding hydrogens is 246 g/mol. The van der Waals surface area contributed by atoms with Gasteiger partial charge in [-0.05, 0) is 25.2 Å². The van der Waals surface area contributed by atoms with Crippen LogP contribution in [-0.4, -0.2) is 33.9 Å². The summed E-state index contributed by atoms with van der Waals surface area (Å²) in [6.45, 7) is 1.88. The topological polar surface area (TPSA) is 67.5 Å². The van der Waals surface area contributed by atoms with Crippen LogP contribution >= 0.6 is 0 Å². The highest BCUT2D eigenvalue weighted by molar-refractivity contribution is 5.38. The summed E-state index contributed by atoms with van der Waals surface area (Å²) in [7, 11) is 3.18. The van der Waals surface area contributed by atoms with Crippen molar-refractivity contribution in [1.82, 2.24) is 9.13 Å². The van der Waals surface area contributed by atoms with Gasteiger partial charge in [0.25, 0.3) is 5.56 Å². The van der Waals surface area contributed by atoms with Gasteiger partial charge in [0.15, 0.2) is 0 Å². The van der Waals surface area contributed by atoms with Crippen molar-refractivity contribution in [2.45, 2.75) is 19.3 Å². The van der Waals surface area contributed by atoms with Gasteiger partial charge in [-0.2, -0.15) is 0 Å². The number of hydrogen-bond donors (Lipinski definition) is 1. The van der Waals surface area contributed by atoms with Gasteiger partial charge in [-0.3, -0.25) is 13.9 Å². The first-order valence-corrected chi connectivity index (χ1v) is 6.67. The highest BCUT2D eigenvalue weighted by Gasteiger charge is 2.21. The van der Waals surface area contributed by atoms with Crippen molar-refractivity contribution in [2.75, 3.05) is 24.6 Å². The Balaban J connectivity index is 2.21. The number of nitrogens with zero attached hydrogens (tertiary/aromatic N) is 3. The van der Waals surface area contributed by atoms with Crippen molar-refractivity contribution in [3.63, 3.8) is 0 Å². The van der Waals surface area contributed by atoms with Crippen molar-refractivity contribution in [1.29, 1.82) is 0 Å². The summed E-state index contributed by atoms with van der Waals surface area (Å²) >= 11 is 0. The fourth-order valence-corrected chi connectivity index (χ4v) is 2.66. The third-order valence-corrected chi connectivity index (χ3v) is 3.98. The van der Waals surface area contributed by atoms with Gasteiger partial charge in [-0.15, -0.1) is 0 Å². The maximum absolute atomic E-state index is 11.9. The lowest BCUT2D eigenvalue weighted by Gasteiger charge is -2.34. The van der Waals surface area contributed by atoms with E-state index in [2.05, 4.69) is 4.90 Å². The number of aliphatic hydroxyl groups excluding tert-OH is 1. The van der Waals surface area contributed by atoms with Crippen molar-refractivity contribution in [3.05, 3.63) is 26.9 Å². The monoisotopic (exact) mass is 267 g/mol. The summed E-state index contributed by atoms with van der Waals surface area (Å²) in [5.74, 6) is 1.24. The fraction of sp³-hybridized carbons (Fsp3) is 0.692. The zero-order valence-corrected chi connectivity index (χ0v) is 11.5. The average Bonchev–Trinajstić information content (AvgIpc) is 2.42. The molecule has 2 heterocycles. The summed E-state index contributed by atoms with van der Waals surface area (Å²) in [4.78, 5) is 25.7. The van der Waals surface area contributed by atoms with Crippen LogP contribution in [0.5, 0.6) is 0 Å². The van der Waals surface area contributed by atoms with E-state index in [1.54, 1.807) is 7.05 Å². The lowest BCUT2D eigenvalue weighted by Crippen LogP contribution is -2.42. The average molecular weight is 267 g/mol. The minimum absolute atomic E-state index is 0.231. The third kappa shape index (κ3) is 2.73. The molecule has 1 aliphatic heterocycles. The molecule has 0 unspecified atom stereocenters. The molecule has 1 N–H and O–H groups in total. The summed E-state index contributed by atoms with van der Waals surface area (Å²) in [5.41, 5.74) is -0.560. The van der Waals surface area contributed by atoms with Crippen LogP contribution in [0, 0.1) is 5.92 Å². The van der Waals surface area contributed by atoms with Crippen LogP contribution in [0.2, 0.25) is 0 Å². The number of aromatic nitrogens is 2. The maximum atomic E-state index is 11.9. The molecule has 6 heteroatoms. The van der Waals surface area contributed by atoms with E-state index >= 15 is 0 Å². The van der Waals surface area contributed by atoms with Crippen LogP contribution in [0.3, 0.4) is 0 Å². The first-order valence-electron chi connectivity index (χ1n) is 6.67. The predicted octanol–water partition coefficient (Wildman–Crippen LogP) is -0.317. The minimum Gasteiger partial charge on any atom is -0.396 e. The van der Waals surface area contributed by atoms with E-state index in [-0.39, 0.29) is 17.9 Å². The van der Waals surface area contributed by atoms with Crippen LogP contribution in [0.1, 0.15) is 19.3 Å². The molecule has 2 rings (SSSR count). The number of hydrogen-bond acceptors (Lipinski definition) is 4. The van der Waals surface area contributed by atoms with Crippen LogP contribution < -0.4 is 16.1 Å². The van der Waals surface area contributed by atoms with Crippen LogP contribution in [0.15, 0.2) is 15.7 Å². The predicted molar refractivity (Wildman–Crippen MR) is 73.6 cm³/mol. The van der Waals surface area contributed by atoms with E-state index < -0.39 is 0 Å². The summed E-state index contributed by atoms with van der Waals surface area (Å²) in [6, 6.07) is 1.52. The van der Waals surface area contributed by atoms with Gasteiger partial charge in [0.05, 0.1) is 0 Å². The molecule has 0 aromatic carbocycles. The Morgan fingerprint density at radius 1 is 1.21 bits per heavy atom. The second-order valence-corrected chi connectivity index (χ2v) is 5.18. The molecule has 106 valence electrons. The smallest absolute Gasteiger partial charge is 0.332 e. The summed E-state index contributed by atoms with van der Waals surface area (Å²) < 4.78 is 2.63. The molecule has 0 amide bonds. The molecule has 0 radical (unpaired) electrons. The molecule has 1 aromatic heterocycles. The van der Waals surface area contributed by atoms with E-state index in [0.29, 0.717) is 11.7 Å². The lowest BCUT2D eigenvalue weighted by atomic mass is 9.94. The highest BCUT2D eigenvalue weighted by Crippen LogP contribution is 2.23.